The van der Waals surface area contributed by atoms with Crippen molar-refractivity contribution < 1.29 is 0 Å². The molecule has 0 aromatic carbocycles. The number of nitrogens with zero attached hydrogens (tertiary/aromatic N) is 1. The SMILES string of the molecule is CCCCCCCCCCN(CCC)C(=S)SCC(C)C. The van der Waals surface area contributed by atoms with E-state index in [2.05, 4.69) is 32.6 Å². The molecule has 0 radical (unpaired) electrons. The standard InChI is InChI=1S/C18H37NS2/c1-5-7-8-9-10-11-12-13-15-19(14-6-2)18(20)21-16-17(3)4/h17H,5-16H2,1-4H3. The maximum Gasteiger partial charge on any atom is 0.136 e. The summed E-state index contributed by atoms with van der Waals surface area (Å²) in [6, 6.07) is 0. The molecule has 0 saturated heterocycles. The Morgan fingerprint density at radius 3 is 1.95 bits per heavy atom. The van der Waals surface area contributed by atoms with Crippen LogP contribution in [0.25, 0.3) is 0 Å². The van der Waals surface area contributed by atoms with Crippen molar-refractivity contribution in [3.05, 3.63) is 0 Å². The molecule has 0 aromatic heterocycles. The molecule has 3 heteroatoms. The molecule has 0 N–H and O–H groups in total. The minimum atomic E-state index is 0.722. The lowest BCUT2D eigenvalue weighted by Crippen LogP contribution is -2.29. The highest BCUT2D eigenvalue weighted by molar-refractivity contribution is 8.22. The second kappa shape index (κ2) is 15.1. The fourth-order valence-corrected chi connectivity index (χ4v) is 3.56. The quantitative estimate of drug-likeness (QED) is 0.279. The molecule has 0 aliphatic heterocycles. The summed E-state index contributed by atoms with van der Waals surface area (Å²) in [7, 11) is 0. The summed E-state index contributed by atoms with van der Waals surface area (Å²) >= 11 is 7.46. The third kappa shape index (κ3) is 13.6. The molecule has 0 atom stereocenters. The van der Waals surface area contributed by atoms with Crippen molar-refractivity contribution in [3.8, 4) is 0 Å². The zero-order chi connectivity index (χ0) is 15.9. The predicted molar refractivity (Wildman–Crippen MR) is 104 cm³/mol. The van der Waals surface area contributed by atoms with Crippen LogP contribution >= 0.6 is 24.0 Å². The van der Waals surface area contributed by atoms with E-state index in [4.69, 9.17) is 12.2 Å². The van der Waals surface area contributed by atoms with E-state index >= 15 is 0 Å². The molecular formula is C18H37NS2. The number of unbranched alkanes of at least 4 members (excludes halogenated alkanes) is 7. The summed E-state index contributed by atoms with van der Waals surface area (Å²) < 4.78 is 1.12. The number of hydrogen-bond acceptors (Lipinski definition) is 2. The van der Waals surface area contributed by atoms with Gasteiger partial charge in [0.1, 0.15) is 4.32 Å². The third-order valence-corrected chi connectivity index (χ3v) is 5.52. The third-order valence-electron chi connectivity index (χ3n) is 3.57. The van der Waals surface area contributed by atoms with Crippen molar-refractivity contribution in [3.63, 3.8) is 0 Å². The molecule has 0 aliphatic carbocycles. The summed E-state index contributed by atoms with van der Waals surface area (Å²) in [4.78, 5) is 2.43. The number of thioether (sulfide) groups is 1. The first-order chi connectivity index (χ1) is 10.1. The highest BCUT2D eigenvalue weighted by Gasteiger charge is 2.09. The Balaban J connectivity index is 3.71. The average molecular weight is 332 g/mol. The zero-order valence-corrected chi connectivity index (χ0v) is 16.5. The summed E-state index contributed by atoms with van der Waals surface area (Å²) in [6.07, 6.45) is 12.3. The highest BCUT2D eigenvalue weighted by atomic mass is 32.2. The Morgan fingerprint density at radius 1 is 0.857 bits per heavy atom. The molecule has 0 heterocycles. The van der Waals surface area contributed by atoms with Gasteiger partial charge in [-0.2, -0.15) is 0 Å². The van der Waals surface area contributed by atoms with E-state index in [1.165, 1.54) is 57.8 Å². The van der Waals surface area contributed by atoms with Gasteiger partial charge in [-0.15, -0.1) is 0 Å². The van der Waals surface area contributed by atoms with Crippen LogP contribution in [0.2, 0.25) is 0 Å². The van der Waals surface area contributed by atoms with Gasteiger partial charge in [-0.3, -0.25) is 0 Å². The lowest BCUT2D eigenvalue weighted by atomic mass is 10.1. The van der Waals surface area contributed by atoms with Crippen LogP contribution < -0.4 is 0 Å². The fraction of sp³-hybridized carbons (Fsp3) is 0.944. The Morgan fingerprint density at radius 2 is 1.43 bits per heavy atom. The van der Waals surface area contributed by atoms with Crippen molar-refractivity contribution in [2.24, 2.45) is 5.92 Å². The molecule has 0 amide bonds. The lowest BCUT2D eigenvalue weighted by molar-refractivity contribution is 0.410. The number of rotatable bonds is 13. The largest absolute Gasteiger partial charge is 0.358 e. The average Bonchev–Trinajstić information content (AvgIpc) is 2.46. The van der Waals surface area contributed by atoms with Crippen LogP contribution in [0.15, 0.2) is 0 Å². The van der Waals surface area contributed by atoms with Crippen LogP contribution in [0.3, 0.4) is 0 Å². The zero-order valence-electron chi connectivity index (χ0n) is 14.8. The van der Waals surface area contributed by atoms with E-state index in [1.807, 2.05) is 11.8 Å². The van der Waals surface area contributed by atoms with Crippen molar-refractivity contribution in [1.82, 2.24) is 4.90 Å². The van der Waals surface area contributed by atoms with Crippen LogP contribution in [-0.4, -0.2) is 28.1 Å². The molecule has 0 saturated carbocycles. The van der Waals surface area contributed by atoms with Crippen molar-refractivity contribution in [1.29, 1.82) is 0 Å². The molecular weight excluding hydrogens is 294 g/mol. The lowest BCUT2D eigenvalue weighted by Gasteiger charge is -2.24. The Labute approximate surface area is 143 Å². The van der Waals surface area contributed by atoms with Gasteiger partial charge in [0.25, 0.3) is 0 Å². The smallest absolute Gasteiger partial charge is 0.136 e. The summed E-state index contributed by atoms with van der Waals surface area (Å²) in [6.45, 7) is 11.3. The predicted octanol–water partition coefficient (Wildman–Crippen LogP) is 6.51. The van der Waals surface area contributed by atoms with Gasteiger partial charge in [0.15, 0.2) is 0 Å². The molecule has 126 valence electrons. The van der Waals surface area contributed by atoms with Crippen LogP contribution in [-0.2, 0) is 0 Å². The molecule has 0 rings (SSSR count). The van der Waals surface area contributed by atoms with Gasteiger partial charge in [0.05, 0.1) is 0 Å². The Hall–Kier alpha value is 0.240. The van der Waals surface area contributed by atoms with E-state index < -0.39 is 0 Å². The fourth-order valence-electron chi connectivity index (χ4n) is 2.33. The van der Waals surface area contributed by atoms with Crippen molar-refractivity contribution in [2.75, 3.05) is 18.8 Å². The van der Waals surface area contributed by atoms with E-state index in [0.29, 0.717) is 0 Å². The summed E-state index contributed by atoms with van der Waals surface area (Å²) in [5.74, 6) is 1.87. The van der Waals surface area contributed by atoms with Crippen LogP contribution in [0.4, 0.5) is 0 Å². The monoisotopic (exact) mass is 331 g/mol. The molecule has 0 spiro atoms. The Bertz CT molecular complexity index is 241. The van der Waals surface area contributed by atoms with E-state index in [9.17, 15) is 0 Å². The topological polar surface area (TPSA) is 3.24 Å². The molecule has 0 unspecified atom stereocenters. The van der Waals surface area contributed by atoms with E-state index in [-0.39, 0.29) is 0 Å². The number of thiocarbonyl (C=S) groups is 1. The molecule has 0 aromatic rings. The summed E-state index contributed by atoms with van der Waals surface area (Å²) in [5, 5.41) is 0. The first-order valence-corrected chi connectivity index (χ1v) is 10.4. The van der Waals surface area contributed by atoms with Crippen molar-refractivity contribution >= 4 is 28.3 Å². The van der Waals surface area contributed by atoms with Gasteiger partial charge in [0, 0.05) is 18.8 Å². The van der Waals surface area contributed by atoms with Gasteiger partial charge < -0.3 is 4.90 Å². The van der Waals surface area contributed by atoms with Crippen LogP contribution in [0.1, 0.15) is 85.5 Å². The first-order valence-electron chi connectivity index (χ1n) is 9.03. The van der Waals surface area contributed by atoms with Crippen LogP contribution in [0.5, 0.6) is 0 Å². The maximum absolute atomic E-state index is 5.60. The van der Waals surface area contributed by atoms with E-state index in [1.54, 1.807) is 0 Å². The second-order valence-corrected chi connectivity index (χ2v) is 8.09. The van der Waals surface area contributed by atoms with Crippen molar-refractivity contribution in [2.45, 2.75) is 85.5 Å². The van der Waals surface area contributed by atoms with Gasteiger partial charge in [-0.25, -0.2) is 0 Å². The first kappa shape index (κ1) is 21.2. The van der Waals surface area contributed by atoms with E-state index in [0.717, 1.165) is 29.1 Å². The maximum atomic E-state index is 5.60. The van der Waals surface area contributed by atoms with Gasteiger partial charge >= 0.3 is 0 Å². The molecule has 0 bridgehead atoms. The normalized spacial score (nSPS) is 11.1. The van der Waals surface area contributed by atoms with Gasteiger partial charge in [0.2, 0.25) is 0 Å². The van der Waals surface area contributed by atoms with Gasteiger partial charge in [-0.05, 0) is 18.8 Å². The van der Waals surface area contributed by atoms with Gasteiger partial charge in [-0.1, -0.05) is 96.6 Å². The van der Waals surface area contributed by atoms with Crippen LogP contribution in [0, 0.1) is 5.92 Å². The minimum Gasteiger partial charge on any atom is -0.358 e. The second-order valence-electron chi connectivity index (χ2n) is 6.43. The molecule has 1 nitrogen and oxygen atoms in total. The summed E-state index contributed by atoms with van der Waals surface area (Å²) in [5.41, 5.74) is 0. The number of hydrogen-bond donors (Lipinski definition) is 0. The molecule has 0 fully saturated rings. The molecule has 0 aliphatic rings. The molecule has 21 heavy (non-hydrogen) atoms. The minimum absolute atomic E-state index is 0.722. The highest BCUT2D eigenvalue weighted by Crippen LogP contribution is 2.15. The Kier molecular flexibility index (Phi) is 15.3.